The van der Waals surface area contributed by atoms with E-state index in [0.717, 1.165) is 90.5 Å². The number of ether oxygens (including phenoxy) is 2. The molecule has 2 aromatic heterocycles. The monoisotopic (exact) mass is 911 g/mol. The molecular weight excluding hydrogens is 833 g/mol. The molecule has 0 bridgehead atoms. The van der Waals surface area contributed by atoms with Gasteiger partial charge in [0.25, 0.3) is 0 Å². The summed E-state index contributed by atoms with van der Waals surface area (Å²) in [5.74, 6) is 2.48. The number of carbonyl (C=O) groups excluding carboxylic acids is 4. The van der Waals surface area contributed by atoms with Gasteiger partial charge in [-0.2, -0.15) is 0 Å². The van der Waals surface area contributed by atoms with Crippen LogP contribution in [0.2, 0.25) is 0 Å². The Labute approximate surface area is 395 Å². The number of aldehydes is 1. The Hall–Kier alpha value is -6.66. The molecule has 3 aromatic carbocycles. The van der Waals surface area contributed by atoms with Crippen LogP contribution in [-0.4, -0.2) is 110 Å². The summed E-state index contributed by atoms with van der Waals surface area (Å²) in [6.45, 7) is 19.4. The lowest BCUT2D eigenvalue weighted by Gasteiger charge is -2.21. The highest BCUT2D eigenvalue weighted by Crippen LogP contribution is 2.27. The van der Waals surface area contributed by atoms with Gasteiger partial charge < -0.3 is 45.0 Å². The number of aromatic nitrogens is 4. The van der Waals surface area contributed by atoms with Crippen LogP contribution < -0.4 is 11.1 Å². The molecule has 0 fully saturated rings. The summed E-state index contributed by atoms with van der Waals surface area (Å²) >= 11 is 0. The van der Waals surface area contributed by atoms with Crippen molar-refractivity contribution in [3.05, 3.63) is 122 Å². The molecule has 0 aliphatic heterocycles. The predicted molar refractivity (Wildman–Crippen MR) is 272 cm³/mol. The van der Waals surface area contributed by atoms with E-state index in [2.05, 4.69) is 153 Å². The second kappa shape index (κ2) is 42.3. The molecule has 5 aromatic rings. The molecule has 0 aliphatic carbocycles. The van der Waals surface area contributed by atoms with E-state index in [9.17, 15) is 14.4 Å². The van der Waals surface area contributed by atoms with Crippen LogP contribution in [0.4, 0.5) is 4.79 Å². The van der Waals surface area contributed by atoms with Crippen LogP contribution in [0.1, 0.15) is 70.6 Å². The fourth-order valence-corrected chi connectivity index (χ4v) is 5.67. The van der Waals surface area contributed by atoms with Crippen molar-refractivity contribution in [1.82, 2.24) is 35.1 Å². The number of benzene rings is 3. The van der Waals surface area contributed by atoms with Crippen LogP contribution in [0, 0.1) is 18.8 Å². The average Bonchev–Trinajstić information content (AvgIpc) is 4.04. The first-order valence-corrected chi connectivity index (χ1v) is 21.6. The number of H-pyrrole nitrogens is 2. The van der Waals surface area contributed by atoms with E-state index in [0.29, 0.717) is 25.3 Å². The smallest absolute Gasteiger partial charge is 0.406 e. The van der Waals surface area contributed by atoms with E-state index in [1.54, 1.807) is 14.2 Å². The number of nitrogens with one attached hydrogen (secondary N) is 3. The van der Waals surface area contributed by atoms with E-state index in [4.69, 9.17) is 4.79 Å². The van der Waals surface area contributed by atoms with Crippen LogP contribution in [0.5, 0.6) is 0 Å². The third-order valence-electron chi connectivity index (χ3n) is 8.62. The first-order valence-electron chi connectivity index (χ1n) is 21.6. The summed E-state index contributed by atoms with van der Waals surface area (Å²) in [6.07, 6.45) is 16.3. The van der Waals surface area contributed by atoms with Crippen LogP contribution in [0.25, 0.3) is 33.6 Å². The highest BCUT2D eigenvalue weighted by molar-refractivity contribution is 5.76. The lowest BCUT2D eigenvalue weighted by atomic mass is 10.0. The number of amides is 2. The normalized spacial score (nSPS) is 9.32. The maximum Gasteiger partial charge on any atom is 0.406 e. The largest absolute Gasteiger partial charge is 0.453 e. The third-order valence-corrected chi connectivity index (χ3v) is 8.62. The lowest BCUT2D eigenvalue weighted by molar-refractivity contribution is -0.132. The van der Waals surface area contributed by atoms with Gasteiger partial charge in [0, 0.05) is 40.7 Å². The Morgan fingerprint density at radius 3 is 1.55 bits per heavy atom. The maximum absolute atomic E-state index is 13.0. The SMILES string of the molecule is C#C.C=C.C=O.CC(C)CC=O.CCCN(C)Cc1ncc(-c2ccc(-c3ccc(-c4cnc(CN(CCC)C(=O)CCc5ccccc5)[nH]4)cc3)cc2)[nH]1.CN.CNC(=O)OC.COC. The minimum Gasteiger partial charge on any atom is -0.453 e. The number of hydrogen-bond donors (Lipinski definition) is 4. The fraction of sp³-hybridized carbons (Fsp3) is 0.385. The second-order valence-electron chi connectivity index (χ2n) is 14.1. The molecule has 0 saturated heterocycles. The predicted octanol–water partition coefficient (Wildman–Crippen LogP) is 9.25. The molecule has 2 amide bonds. The Balaban J connectivity index is -0.00000145. The Bertz CT molecular complexity index is 1940. The van der Waals surface area contributed by atoms with Crippen molar-refractivity contribution in [1.29, 1.82) is 0 Å². The van der Waals surface area contributed by atoms with Crippen molar-refractivity contribution in [2.45, 2.75) is 72.9 Å². The summed E-state index contributed by atoms with van der Waals surface area (Å²) < 4.78 is 8.40. The van der Waals surface area contributed by atoms with Crippen molar-refractivity contribution in [3.8, 4) is 46.5 Å². The average molecular weight is 911 g/mol. The zero-order valence-electron chi connectivity index (χ0n) is 41.3. The van der Waals surface area contributed by atoms with Crippen LogP contribution >= 0.6 is 0 Å². The number of alkyl carbamates (subject to hydrolysis) is 1. The third kappa shape index (κ3) is 27.5. The van der Waals surface area contributed by atoms with Crippen LogP contribution in [-0.2, 0) is 43.4 Å². The molecule has 0 atom stereocenters. The summed E-state index contributed by atoms with van der Waals surface area (Å²) in [5.41, 5.74) is 12.2. The number of methoxy groups -OCH3 is 2. The van der Waals surface area contributed by atoms with Gasteiger partial charge >= 0.3 is 6.09 Å². The molecule has 0 spiro atoms. The number of hydrogen-bond acceptors (Lipinski definition) is 10. The van der Waals surface area contributed by atoms with Gasteiger partial charge in [-0.1, -0.05) is 107 Å². The molecule has 0 unspecified atom stereocenters. The molecule has 14 heteroatoms. The van der Waals surface area contributed by atoms with Gasteiger partial charge in [-0.25, -0.2) is 14.8 Å². The van der Waals surface area contributed by atoms with E-state index >= 15 is 0 Å². The molecule has 66 heavy (non-hydrogen) atoms. The zero-order chi connectivity index (χ0) is 50.7. The minimum absolute atomic E-state index is 0.159. The van der Waals surface area contributed by atoms with E-state index in [1.807, 2.05) is 56.1 Å². The summed E-state index contributed by atoms with van der Waals surface area (Å²) in [6, 6.07) is 27.3. The van der Waals surface area contributed by atoms with Gasteiger partial charge in [0.05, 0.1) is 44.0 Å². The number of nitrogens with two attached hydrogens (primary N) is 1. The van der Waals surface area contributed by atoms with Crippen molar-refractivity contribution < 1.29 is 28.7 Å². The van der Waals surface area contributed by atoms with E-state index in [1.165, 1.54) is 26.8 Å². The van der Waals surface area contributed by atoms with Gasteiger partial charge in [0.2, 0.25) is 5.91 Å². The standard InChI is InChI=1S/C36H42N6O.C5H10O.C3H7NO2.C2H6O.C2H4.C2H2.CH5N.CH2O/c1-4-21-41(3)25-34-37-23-32(39-34)30-16-12-28(13-17-30)29-14-18-31(19-15-29)33-24-38-35(40-33)26-42(22-5-2)36(43)20-11-27-9-7-6-8-10-27;1-5(2)3-4-6;1-4-3(5)6-2;1-3-2;4*1-2/h6-10,12-19,23-24H,4-5,11,20-22,25-26H2,1-3H3,(H,37,39)(H,38,40);4-5H,3H2,1-2H3;1-2H3,(H,4,5);1-2H3;1-2H2;1-2H;2H2,1H3;1H2. The van der Waals surface area contributed by atoms with E-state index < -0.39 is 6.09 Å². The van der Waals surface area contributed by atoms with Crippen molar-refractivity contribution >= 4 is 25.1 Å². The van der Waals surface area contributed by atoms with Crippen molar-refractivity contribution in [2.24, 2.45) is 11.7 Å². The molecule has 2 heterocycles. The van der Waals surface area contributed by atoms with Gasteiger partial charge in [0.15, 0.2) is 0 Å². The molecule has 14 nitrogen and oxygen atoms in total. The highest BCUT2D eigenvalue weighted by Gasteiger charge is 2.16. The quantitative estimate of drug-likeness (QED) is 0.0422. The molecule has 0 saturated carbocycles. The highest BCUT2D eigenvalue weighted by atomic mass is 16.5. The summed E-state index contributed by atoms with van der Waals surface area (Å²) in [7, 11) is 9.69. The van der Waals surface area contributed by atoms with Crippen molar-refractivity contribution in [2.75, 3.05) is 55.6 Å². The van der Waals surface area contributed by atoms with Crippen LogP contribution in [0.3, 0.4) is 0 Å². The number of imidazole rings is 2. The van der Waals surface area contributed by atoms with Gasteiger partial charge in [-0.15, -0.1) is 26.0 Å². The zero-order valence-corrected chi connectivity index (χ0v) is 41.3. The molecule has 362 valence electrons. The molecule has 5 N–H and O–H groups in total. The molecule has 0 radical (unpaired) electrons. The Morgan fingerprint density at radius 1 is 0.773 bits per heavy atom. The first kappa shape index (κ1) is 63.6. The number of terminal acetylenes is 1. The number of nitrogens with zero attached hydrogens (tertiary/aromatic N) is 4. The number of rotatable bonds is 16. The summed E-state index contributed by atoms with van der Waals surface area (Å²) in [5, 5.41) is 2.25. The maximum atomic E-state index is 13.0. The van der Waals surface area contributed by atoms with Crippen LogP contribution in [0.15, 0.2) is 104 Å². The number of carbonyl (C=O) groups is 4. The van der Waals surface area contributed by atoms with E-state index in [-0.39, 0.29) is 5.91 Å². The minimum atomic E-state index is -0.407. The molecule has 5 rings (SSSR count). The van der Waals surface area contributed by atoms with Crippen molar-refractivity contribution in [3.63, 3.8) is 0 Å². The lowest BCUT2D eigenvalue weighted by Crippen LogP contribution is -2.31. The first-order chi connectivity index (χ1) is 32.0. The molecular formula is C52H78N8O6. The van der Waals surface area contributed by atoms with Gasteiger partial charge in [-0.3, -0.25) is 9.69 Å². The topological polar surface area (TPSA) is 189 Å². The summed E-state index contributed by atoms with van der Waals surface area (Å²) in [4.78, 5) is 60.7. The second-order valence-corrected chi connectivity index (χ2v) is 14.1. The Kier molecular flexibility index (Phi) is 40.8. The van der Waals surface area contributed by atoms with Gasteiger partial charge in [0.1, 0.15) is 24.7 Å². The molecule has 0 aliphatic rings. The number of aryl methyl sites for hydroxylation is 1. The van der Waals surface area contributed by atoms with Gasteiger partial charge in [-0.05, 0) is 73.6 Å². The number of aromatic amines is 2. The Morgan fingerprint density at radius 2 is 1.20 bits per heavy atom. The fourth-order valence-electron chi connectivity index (χ4n) is 5.67.